The molecule has 107 valence electrons. The highest BCUT2D eigenvalue weighted by Crippen LogP contribution is 2.35. The Bertz CT molecular complexity index is 441. The molecule has 1 unspecified atom stereocenters. The van der Waals surface area contributed by atoms with Crippen molar-refractivity contribution < 1.29 is 9.53 Å². The fourth-order valence-corrected chi connectivity index (χ4v) is 2.09. The minimum atomic E-state index is -0.509. The summed E-state index contributed by atoms with van der Waals surface area (Å²) in [4.78, 5) is 16.0. The summed E-state index contributed by atoms with van der Waals surface area (Å²) in [6.07, 6.45) is -0.482. The Balaban J connectivity index is 2.68. The zero-order valence-electron chi connectivity index (χ0n) is 12.5. The van der Waals surface area contributed by atoms with Crippen molar-refractivity contribution in [2.45, 2.75) is 53.1 Å². The van der Waals surface area contributed by atoms with E-state index in [4.69, 9.17) is 4.74 Å². The first-order valence-corrected chi connectivity index (χ1v) is 7.15. The first-order valence-electron chi connectivity index (χ1n) is 6.27. The van der Waals surface area contributed by atoms with Gasteiger partial charge >= 0.3 is 6.09 Å². The lowest BCUT2D eigenvalue weighted by Gasteiger charge is -2.25. The standard InChI is InChI=1S/C14H23N2O2S/c1-9(13(2,3)4)10-8-19-11(15-10)16-12(17)18-14(5,6)7/h8-9H,1H2,2-7H3,(H,15,16,17). The zero-order chi connectivity index (χ0) is 14.8. The molecule has 1 heterocycles. The van der Waals surface area contributed by atoms with Gasteiger partial charge in [0, 0.05) is 11.3 Å². The SMILES string of the molecule is [CH2]C(c1csc(NC(=O)OC(C)(C)C)n1)C(C)(C)C. The molecular formula is C14H23N2O2S. The molecule has 0 saturated heterocycles. The van der Waals surface area contributed by atoms with Crippen LogP contribution in [0, 0.1) is 12.3 Å². The summed E-state index contributed by atoms with van der Waals surface area (Å²) in [5.74, 6) is 0.0814. The third-order valence-corrected chi connectivity index (χ3v) is 3.31. The summed E-state index contributed by atoms with van der Waals surface area (Å²) in [5, 5.41) is 5.11. The van der Waals surface area contributed by atoms with Crippen molar-refractivity contribution in [3.05, 3.63) is 18.0 Å². The Morgan fingerprint density at radius 3 is 2.42 bits per heavy atom. The van der Waals surface area contributed by atoms with E-state index in [2.05, 4.69) is 38.0 Å². The smallest absolute Gasteiger partial charge is 0.413 e. The highest BCUT2D eigenvalue weighted by Gasteiger charge is 2.24. The monoisotopic (exact) mass is 283 g/mol. The Morgan fingerprint density at radius 1 is 1.37 bits per heavy atom. The molecule has 4 nitrogen and oxygen atoms in total. The molecule has 0 aliphatic rings. The maximum atomic E-state index is 11.6. The van der Waals surface area contributed by atoms with Gasteiger partial charge in [-0.15, -0.1) is 11.3 Å². The van der Waals surface area contributed by atoms with Gasteiger partial charge in [-0.05, 0) is 33.1 Å². The van der Waals surface area contributed by atoms with Crippen LogP contribution in [0.5, 0.6) is 0 Å². The summed E-state index contributed by atoms with van der Waals surface area (Å²) in [6, 6.07) is 0. The average Bonchev–Trinajstić information content (AvgIpc) is 2.60. The van der Waals surface area contributed by atoms with E-state index in [0.29, 0.717) is 5.13 Å². The molecular weight excluding hydrogens is 260 g/mol. The summed E-state index contributed by atoms with van der Waals surface area (Å²) in [6.45, 7) is 16.0. The molecule has 1 atom stereocenters. The normalized spacial score (nSPS) is 14.1. The van der Waals surface area contributed by atoms with Crippen LogP contribution in [0.4, 0.5) is 9.93 Å². The van der Waals surface area contributed by atoms with E-state index in [-0.39, 0.29) is 11.3 Å². The predicted octanol–water partition coefficient (Wildman–Crippen LogP) is 4.45. The van der Waals surface area contributed by atoms with Gasteiger partial charge in [0.25, 0.3) is 0 Å². The van der Waals surface area contributed by atoms with Crippen LogP contribution in [0.25, 0.3) is 0 Å². The van der Waals surface area contributed by atoms with Gasteiger partial charge in [-0.25, -0.2) is 9.78 Å². The lowest BCUT2D eigenvalue weighted by atomic mass is 9.80. The molecule has 1 N–H and O–H groups in total. The van der Waals surface area contributed by atoms with Crippen molar-refractivity contribution in [2.24, 2.45) is 5.41 Å². The summed E-state index contributed by atoms with van der Waals surface area (Å²) in [5.41, 5.74) is 0.422. The minimum Gasteiger partial charge on any atom is -0.444 e. The van der Waals surface area contributed by atoms with Gasteiger partial charge < -0.3 is 4.74 Å². The molecule has 0 spiro atoms. The van der Waals surface area contributed by atoms with E-state index >= 15 is 0 Å². The van der Waals surface area contributed by atoms with E-state index in [1.807, 2.05) is 26.2 Å². The molecule has 0 aliphatic carbocycles. The maximum absolute atomic E-state index is 11.6. The molecule has 0 aromatic carbocycles. The molecule has 0 bridgehead atoms. The molecule has 0 saturated carbocycles. The van der Waals surface area contributed by atoms with E-state index in [9.17, 15) is 4.79 Å². The second-order valence-electron chi connectivity index (χ2n) is 6.62. The van der Waals surface area contributed by atoms with Gasteiger partial charge in [-0.2, -0.15) is 0 Å². The van der Waals surface area contributed by atoms with Gasteiger partial charge in [0.05, 0.1) is 5.69 Å². The summed E-state index contributed by atoms with van der Waals surface area (Å²) >= 11 is 1.39. The van der Waals surface area contributed by atoms with Crippen LogP contribution in [0.15, 0.2) is 5.38 Å². The Labute approximate surface area is 119 Å². The molecule has 0 fully saturated rings. The average molecular weight is 283 g/mol. The predicted molar refractivity (Wildman–Crippen MR) is 79.5 cm³/mol. The van der Waals surface area contributed by atoms with Crippen molar-refractivity contribution >= 4 is 22.6 Å². The molecule has 0 aliphatic heterocycles. The van der Waals surface area contributed by atoms with Crippen LogP contribution in [0.3, 0.4) is 0 Å². The first-order chi connectivity index (χ1) is 8.49. The van der Waals surface area contributed by atoms with Crippen molar-refractivity contribution in [3.63, 3.8) is 0 Å². The number of carbonyl (C=O) groups is 1. The topological polar surface area (TPSA) is 51.2 Å². The third-order valence-electron chi connectivity index (χ3n) is 2.53. The number of nitrogens with one attached hydrogen (secondary N) is 1. The highest BCUT2D eigenvalue weighted by atomic mass is 32.1. The molecule has 1 amide bonds. The van der Waals surface area contributed by atoms with Crippen LogP contribution in [-0.2, 0) is 4.74 Å². The number of thiazole rings is 1. The number of aromatic nitrogens is 1. The Hall–Kier alpha value is -1.10. The van der Waals surface area contributed by atoms with E-state index in [1.165, 1.54) is 11.3 Å². The lowest BCUT2D eigenvalue weighted by Crippen LogP contribution is -2.27. The minimum absolute atomic E-state index is 0.0390. The fourth-order valence-electron chi connectivity index (χ4n) is 1.34. The van der Waals surface area contributed by atoms with Crippen LogP contribution in [0.1, 0.15) is 53.2 Å². The van der Waals surface area contributed by atoms with Crippen molar-refractivity contribution in [2.75, 3.05) is 5.32 Å². The highest BCUT2D eigenvalue weighted by molar-refractivity contribution is 7.13. The quantitative estimate of drug-likeness (QED) is 0.872. The molecule has 5 heteroatoms. The van der Waals surface area contributed by atoms with E-state index in [1.54, 1.807) is 0 Å². The van der Waals surface area contributed by atoms with Crippen LogP contribution in [0.2, 0.25) is 0 Å². The van der Waals surface area contributed by atoms with Gasteiger partial charge in [0.15, 0.2) is 5.13 Å². The van der Waals surface area contributed by atoms with Crippen LogP contribution >= 0.6 is 11.3 Å². The number of nitrogens with zero attached hydrogens (tertiary/aromatic N) is 1. The largest absolute Gasteiger partial charge is 0.444 e. The Kier molecular flexibility index (Phi) is 4.61. The first kappa shape index (κ1) is 16.0. The molecule has 1 aromatic rings. The van der Waals surface area contributed by atoms with Gasteiger partial charge in [-0.1, -0.05) is 20.8 Å². The molecule has 19 heavy (non-hydrogen) atoms. The van der Waals surface area contributed by atoms with E-state index < -0.39 is 11.7 Å². The number of rotatable bonds is 2. The van der Waals surface area contributed by atoms with Gasteiger partial charge in [0.1, 0.15) is 5.60 Å². The number of hydrogen-bond donors (Lipinski definition) is 1. The number of ether oxygens (including phenoxy) is 1. The van der Waals surface area contributed by atoms with Crippen molar-refractivity contribution in [3.8, 4) is 0 Å². The zero-order valence-corrected chi connectivity index (χ0v) is 13.4. The van der Waals surface area contributed by atoms with E-state index in [0.717, 1.165) is 5.69 Å². The Morgan fingerprint density at radius 2 is 1.95 bits per heavy atom. The second-order valence-corrected chi connectivity index (χ2v) is 7.48. The van der Waals surface area contributed by atoms with Crippen molar-refractivity contribution in [1.29, 1.82) is 0 Å². The number of hydrogen-bond acceptors (Lipinski definition) is 4. The fraction of sp³-hybridized carbons (Fsp3) is 0.643. The molecule has 1 aromatic heterocycles. The van der Waals surface area contributed by atoms with Crippen molar-refractivity contribution in [1.82, 2.24) is 4.98 Å². The summed E-state index contributed by atoms with van der Waals surface area (Å²) < 4.78 is 5.18. The third kappa shape index (κ3) is 5.19. The molecule has 1 rings (SSSR count). The summed E-state index contributed by atoms with van der Waals surface area (Å²) in [7, 11) is 0. The van der Waals surface area contributed by atoms with Gasteiger partial charge in [-0.3, -0.25) is 5.32 Å². The number of amides is 1. The van der Waals surface area contributed by atoms with Gasteiger partial charge in [0.2, 0.25) is 0 Å². The van der Waals surface area contributed by atoms with Crippen LogP contribution < -0.4 is 5.32 Å². The maximum Gasteiger partial charge on any atom is 0.413 e. The second kappa shape index (κ2) is 5.49. The van der Waals surface area contributed by atoms with Crippen LogP contribution in [-0.4, -0.2) is 16.7 Å². The molecule has 1 radical (unpaired) electrons. The number of anilines is 1. The number of carbonyl (C=O) groups excluding carboxylic acids is 1. The lowest BCUT2D eigenvalue weighted by molar-refractivity contribution is 0.0636.